The first-order valence-electron chi connectivity index (χ1n) is 6.50. The van der Waals surface area contributed by atoms with Gasteiger partial charge in [-0.3, -0.25) is 0 Å². The molecule has 0 aliphatic rings. The van der Waals surface area contributed by atoms with E-state index in [1.807, 2.05) is 6.07 Å². The molecular formula is C15H15ClN2O4S. The molecule has 8 heteroatoms. The lowest BCUT2D eigenvalue weighted by molar-refractivity contribution is -0.142. The van der Waals surface area contributed by atoms with Gasteiger partial charge >= 0.3 is 5.97 Å². The van der Waals surface area contributed by atoms with E-state index < -0.39 is 5.97 Å². The molecule has 6 nitrogen and oxygen atoms in total. The molecule has 2 N–H and O–H groups in total. The van der Waals surface area contributed by atoms with Gasteiger partial charge in [0.1, 0.15) is 11.1 Å². The average molecular weight is 355 g/mol. The van der Waals surface area contributed by atoms with Gasteiger partial charge in [-0.05, 0) is 30.7 Å². The van der Waals surface area contributed by atoms with Crippen LogP contribution in [0.4, 0.5) is 0 Å². The highest BCUT2D eigenvalue weighted by Gasteiger charge is 2.14. The van der Waals surface area contributed by atoms with E-state index in [-0.39, 0.29) is 27.9 Å². The van der Waals surface area contributed by atoms with Gasteiger partial charge in [-0.2, -0.15) is 5.26 Å². The normalized spacial score (nSPS) is 10.6. The summed E-state index contributed by atoms with van der Waals surface area (Å²) >= 11 is 11.0. The standard InChI is InChI=1S/C15H15ClN2O4S/c1-3-21-12-6-9(4-10(7-17)15(18)23)5-11(16)14(12)22-8-13(19)20-2/h4-6H,3,8H2,1-2H3,(H2,18,23)/b10-4-. The predicted molar refractivity (Wildman–Crippen MR) is 90.5 cm³/mol. The lowest BCUT2D eigenvalue weighted by atomic mass is 10.1. The van der Waals surface area contributed by atoms with Crippen LogP contribution in [0.25, 0.3) is 6.08 Å². The fourth-order valence-corrected chi connectivity index (χ4v) is 1.97. The zero-order valence-corrected chi connectivity index (χ0v) is 14.2. The van der Waals surface area contributed by atoms with Crippen molar-refractivity contribution in [1.82, 2.24) is 0 Å². The van der Waals surface area contributed by atoms with Crippen molar-refractivity contribution < 1.29 is 19.0 Å². The Bertz CT molecular complexity index is 683. The van der Waals surface area contributed by atoms with Gasteiger partial charge in [0, 0.05) is 0 Å². The van der Waals surface area contributed by atoms with Crippen LogP contribution in [0.2, 0.25) is 5.02 Å². The van der Waals surface area contributed by atoms with E-state index >= 15 is 0 Å². The molecule has 0 unspecified atom stereocenters. The SMILES string of the molecule is CCOc1cc(/C=C(/C#N)C(N)=S)cc(Cl)c1OCC(=O)OC. The number of methoxy groups -OCH3 is 1. The number of halogens is 1. The number of nitrogens with zero attached hydrogens (tertiary/aromatic N) is 1. The molecule has 0 bridgehead atoms. The van der Waals surface area contributed by atoms with E-state index in [0.717, 1.165) is 0 Å². The summed E-state index contributed by atoms with van der Waals surface area (Å²) in [6.45, 7) is 1.84. The molecular weight excluding hydrogens is 340 g/mol. The molecule has 0 fully saturated rings. The molecule has 0 atom stereocenters. The highest BCUT2D eigenvalue weighted by atomic mass is 35.5. The number of rotatable bonds is 7. The Morgan fingerprint density at radius 2 is 2.17 bits per heavy atom. The Morgan fingerprint density at radius 3 is 2.70 bits per heavy atom. The molecule has 122 valence electrons. The van der Waals surface area contributed by atoms with E-state index in [4.69, 9.17) is 44.3 Å². The monoisotopic (exact) mass is 354 g/mol. The zero-order chi connectivity index (χ0) is 17.4. The third-order valence-corrected chi connectivity index (χ3v) is 3.09. The van der Waals surface area contributed by atoms with Crippen LogP contribution in [0.5, 0.6) is 11.5 Å². The molecule has 0 saturated carbocycles. The summed E-state index contributed by atoms with van der Waals surface area (Å²) in [6, 6.07) is 5.06. The zero-order valence-electron chi connectivity index (χ0n) is 12.6. The van der Waals surface area contributed by atoms with Crippen LogP contribution in [0.15, 0.2) is 17.7 Å². The third kappa shape index (κ3) is 5.43. The van der Waals surface area contributed by atoms with Crippen molar-refractivity contribution in [3.8, 4) is 17.6 Å². The number of hydrogen-bond acceptors (Lipinski definition) is 6. The number of nitriles is 1. The molecule has 23 heavy (non-hydrogen) atoms. The molecule has 0 amide bonds. The Morgan fingerprint density at radius 1 is 1.48 bits per heavy atom. The van der Waals surface area contributed by atoms with Crippen molar-refractivity contribution in [1.29, 1.82) is 5.26 Å². The number of nitrogens with two attached hydrogens (primary N) is 1. The topological polar surface area (TPSA) is 94.6 Å². The summed E-state index contributed by atoms with van der Waals surface area (Å²) < 4.78 is 15.3. The molecule has 0 heterocycles. The highest BCUT2D eigenvalue weighted by molar-refractivity contribution is 7.80. The van der Waals surface area contributed by atoms with Gasteiger partial charge in [0.15, 0.2) is 18.1 Å². The van der Waals surface area contributed by atoms with Crippen LogP contribution >= 0.6 is 23.8 Å². The largest absolute Gasteiger partial charge is 0.490 e. The fraction of sp³-hybridized carbons (Fsp3) is 0.267. The van der Waals surface area contributed by atoms with Crippen LogP contribution in [0, 0.1) is 11.3 Å². The van der Waals surface area contributed by atoms with E-state index in [9.17, 15) is 4.79 Å². The maximum absolute atomic E-state index is 11.2. The van der Waals surface area contributed by atoms with Crippen molar-refractivity contribution in [3.05, 3.63) is 28.3 Å². The molecule has 0 saturated heterocycles. The van der Waals surface area contributed by atoms with Gasteiger partial charge in [0.05, 0.1) is 24.3 Å². The molecule has 0 radical (unpaired) electrons. The minimum absolute atomic E-state index is 0.0207. The van der Waals surface area contributed by atoms with Crippen LogP contribution in [-0.4, -0.2) is 31.3 Å². The van der Waals surface area contributed by atoms with Crippen molar-refractivity contribution in [3.63, 3.8) is 0 Å². The van der Waals surface area contributed by atoms with Crippen LogP contribution in [0.1, 0.15) is 12.5 Å². The lowest BCUT2D eigenvalue weighted by Crippen LogP contribution is -2.13. The van der Waals surface area contributed by atoms with Crippen molar-refractivity contribution >= 4 is 40.9 Å². The minimum Gasteiger partial charge on any atom is -0.490 e. The summed E-state index contributed by atoms with van der Waals surface area (Å²) in [6.07, 6.45) is 1.49. The summed E-state index contributed by atoms with van der Waals surface area (Å²) in [5, 5.41) is 9.21. The number of esters is 1. The van der Waals surface area contributed by atoms with Crippen molar-refractivity contribution in [2.75, 3.05) is 20.3 Å². The van der Waals surface area contributed by atoms with Crippen LogP contribution < -0.4 is 15.2 Å². The summed E-state index contributed by atoms with van der Waals surface area (Å²) in [7, 11) is 1.25. The first-order chi connectivity index (χ1) is 10.9. The molecule has 0 aliphatic heterocycles. The predicted octanol–water partition coefficient (Wildman–Crippen LogP) is 2.48. The number of hydrogen-bond donors (Lipinski definition) is 1. The Balaban J connectivity index is 3.23. The Kier molecular flexibility index (Phi) is 7.32. The van der Waals surface area contributed by atoms with Gasteiger partial charge in [-0.15, -0.1) is 0 Å². The first-order valence-corrected chi connectivity index (χ1v) is 7.29. The molecule has 0 spiro atoms. The second kappa shape index (κ2) is 8.98. The van der Waals surface area contributed by atoms with Gasteiger partial charge < -0.3 is 19.9 Å². The summed E-state index contributed by atoms with van der Waals surface area (Å²) in [5.74, 6) is -0.00647. The summed E-state index contributed by atoms with van der Waals surface area (Å²) in [4.78, 5) is 11.2. The van der Waals surface area contributed by atoms with E-state index in [1.165, 1.54) is 13.2 Å². The lowest BCUT2D eigenvalue weighted by Gasteiger charge is -2.14. The number of thiocarbonyl (C=S) groups is 1. The molecule has 0 aliphatic carbocycles. The van der Waals surface area contributed by atoms with Gasteiger partial charge in [-0.1, -0.05) is 23.8 Å². The Labute approximate surface area is 144 Å². The quantitative estimate of drug-likeness (QED) is 0.348. The van der Waals surface area contributed by atoms with Crippen LogP contribution in [0.3, 0.4) is 0 Å². The van der Waals surface area contributed by atoms with Gasteiger partial charge in [-0.25, -0.2) is 4.79 Å². The molecule has 1 aromatic carbocycles. The number of carbonyl (C=O) groups excluding carboxylic acids is 1. The minimum atomic E-state index is -0.548. The van der Waals surface area contributed by atoms with Gasteiger partial charge in [0.25, 0.3) is 0 Å². The molecule has 1 rings (SSSR count). The summed E-state index contributed by atoms with van der Waals surface area (Å²) in [5.41, 5.74) is 6.16. The first kappa shape index (κ1) is 18.7. The molecule has 1 aromatic rings. The maximum Gasteiger partial charge on any atom is 0.343 e. The maximum atomic E-state index is 11.2. The fourth-order valence-electron chi connectivity index (χ4n) is 1.59. The smallest absolute Gasteiger partial charge is 0.343 e. The second-order valence-electron chi connectivity index (χ2n) is 4.16. The van der Waals surface area contributed by atoms with Gasteiger partial charge in [0.2, 0.25) is 0 Å². The third-order valence-electron chi connectivity index (χ3n) is 2.59. The average Bonchev–Trinajstić information content (AvgIpc) is 2.51. The Hall–Kier alpha value is -2.30. The van der Waals surface area contributed by atoms with Crippen LogP contribution in [-0.2, 0) is 9.53 Å². The second-order valence-corrected chi connectivity index (χ2v) is 5.01. The highest BCUT2D eigenvalue weighted by Crippen LogP contribution is 2.37. The number of carbonyl (C=O) groups is 1. The van der Waals surface area contributed by atoms with Crippen molar-refractivity contribution in [2.24, 2.45) is 5.73 Å². The van der Waals surface area contributed by atoms with E-state index in [0.29, 0.717) is 17.9 Å². The van der Waals surface area contributed by atoms with E-state index in [2.05, 4.69) is 4.74 Å². The number of ether oxygens (including phenoxy) is 3. The van der Waals surface area contributed by atoms with E-state index in [1.54, 1.807) is 19.1 Å². The number of benzene rings is 1. The molecule has 0 aromatic heterocycles. The van der Waals surface area contributed by atoms with Crippen molar-refractivity contribution in [2.45, 2.75) is 6.92 Å².